The summed E-state index contributed by atoms with van der Waals surface area (Å²) in [6, 6.07) is 0. The van der Waals surface area contributed by atoms with Crippen LogP contribution in [0.3, 0.4) is 0 Å². The van der Waals surface area contributed by atoms with E-state index in [1.165, 1.54) is 38.5 Å². The zero-order chi connectivity index (χ0) is 13.9. The van der Waals surface area contributed by atoms with Crippen LogP contribution in [0.25, 0.3) is 0 Å². The molecule has 0 amide bonds. The monoisotopic (exact) mass is 252 g/mol. The van der Waals surface area contributed by atoms with E-state index in [1.54, 1.807) is 13.8 Å². The van der Waals surface area contributed by atoms with E-state index < -0.39 is 11.4 Å². The number of carbonyl (C=O) groups is 1. The van der Waals surface area contributed by atoms with Crippen molar-refractivity contribution >= 4 is 5.97 Å². The highest BCUT2D eigenvalue weighted by Gasteiger charge is 2.29. The Hall–Kier alpha value is -0.970. The van der Waals surface area contributed by atoms with Gasteiger partial charge in [-0.3, -0.25) is 4.79 Å². The van der Waals surface area contributed by atoms with Gasteiger partial charge in [-0.05, 0) is 20.3 Å². The van der Waals surface area contributed by atoms with Gasteiger partial charge in [-0.25, -0.2) is 0 Å². The van der Waals surface area contributed by atoms with Crippen molar-refractivity contribution in [2.24, 2.45) is 5.41 Å². The highest BCUT2D eigenvalue weighted by atomic mass is 16.4. The fraction of sp³-hybridized carbons (Fsp3) is 0.812. The topological polar surface area (TPSA) is 37.3 Å². The molecule has 0 aromatic heterocycles. The van der Waals surface area contributed by atoms with Crippen LogP contribution in [-0.2, 0) is 4.79 Å². The Balaban J connectivity index is 3.68. The molecule has 0 heterocycles. The summed E-state index contributed by atoms with van der Waals surface area (Å²) in [4.78, 5) is 11.1. The molecule has 0 saturated heterocycles. The van der Waals surface area contributed by atoms with Crippen LogP contribution in [0.1, 0.15) is 78.6 Å². The SMILES string of the molecule is CC#CC(C)(CCCCCCCCCC)C(=O)O. The first kappa shape index (κ1) is 17.0. The van der Waals surface area contributed by atoms with E-state index >= 15 is 0 Å². The molecule has 0 aliphatic rings. The summed E-state index contributed by atoms with van der Waals surface area (Å²) < 4.78 is 0. The molecule has 0 aliphatic carbocycles. The lowest BCUT2D eigenvalue weighted by Gasteiger charge is -2.17. The third-order valence-corrected chi connectivity index (χ3v) is 3.40. The Morgan fingerprint density at radius 1 is 1.06 bits per heavy atom. The third-order valence-electron chi connectivity index (χ3n) is 3.40. The van der Waals surface area contributed by atoms with Gasteiger partial charge in [0, 0.05) is 0 Å². The van der Waals surface area contributed by atoms with E-state index in [1.807, 2.05) is 0 Å². The summed E-state index contributed by atoms with van der Waals surface area (Å²) in [6.07, 6.45) is 10.5. The average Bonchev–Trinajstić information content (AvgIpc) is 2.33. The molecular formula is C16H28O2. The highest BCUT2D eigenvalue weighted by molar-refractivity contribution is 5.78. The summed E-state index contributed by atoms with van der Waals surface area (Å²) in [5, 5.41) is 9.16. The van der Waals surface area contributed by atoms with Crippen molar-refractivity contribution in [1.29, 1.82) is 0 Å². The molecule has 0 bridgehead atoms. The minimum atomic E-state index is -0.850. The van der Waals surface area contributed by atoms with E-state index in [4.69, 9.17) is 5.11 Å². The van der Waals surface area contributed by atoms with Crippen molar-refractivity contribution in [1.82, 2.24) is 0 Å². The van der Waals surface area contributed by atoms with Gasteiger partial charge in [-0.1, -0.05) is 64.2 Å². The maximum absolute atomic E-state index is 11.1. The molecule has 0 saturated carbocycles. The first-order valence-electron chi connectivity index (χ1n) is 7.24. The quantitative estimate of drug-likeness (QED) is 0.454. The summed E-state index contributed by atoms with van der Waals surface area (Å²) in [6.45, 7) is 5.66. The van der Waals surface area contributed by atoms with E-state index in [2.05, 4.69) is 18.8 Å². The molecule has 2 nitrogen and oxygen atoms in total. The molecule has 1 N–H and O–H groups in total. The molecule has 1 atom stereocenters. The number of carboxylic acids is 1. The van der Waals surface area contributed by atoms with Crippen molar-refractivity contribution in [3.05, 3.63) is 0 Å². The van der Waals surface area contributed by atoms with Crippen LogP contribution in [-0.4, -0.2) is 11.1 Å². The van der Waals surface area contributed by atoms with Crippen LogP contribution < -0.4 is 0 Å². The number of carboxylic acid groups (broad SMARTS) is 1. The molecule has 104 valence electrons. The number of unbranched alkanes of at least 4 members (excludes halogenated alkanes) is 7. The lowest BCUT2D eigenvalue weighted by Crippen LogP contribution is -2.25. The fourth-order valence-corrected chi connectivity index (χ4v) is 2.11. The Kier molecular flexibility index (Phi) is 9.46. The zero-order valence-electron chi connectivity index (χ0n) is 12.2. The van der Waals surface area contributed by atoms with Gasteiger partial charge in [0.1, 0.15) is 5.41 Å². The van der Waals surface area contributed by atoms with E-state index in [0.29, 0.717) is 6.42 Å². The number of hydrogen-bond donors (Lipinski definition) is 1. The molecule has 0 aromatic carbocycles. The molecule has 0 rings (SSSR count). The molecule has 0 fully saturated rings. The fourth-order valence-electron chi connectivity index (χ4n) is 2.11. The van der Waals surface area contributed by atoms with Crippen molar-refractivity contribution in [2.45, 2.75) is 78.6 Å². The third kappa shape index (κ3) is 7.37. The van der Waals surface area contributed by atoms with Gasteiger partial charge >= 0.3 is 5.97 Å². The first-order valence-corrected chi connectivity index (χ1v) is 7.24. The first-order chi connectivity index (χ1) is 8.56. The molecule has 0 radical (unpaired) electrons. The van der Waals surface area contributed by atoms with Gasteiger partial charge in [0.2, 0.25) is 0 Å². The van der Waals surface area contributed by atoms with Gasteiger partial charge in [-0.15, -0.1) is 5.92 Å². The summed E-state index contributed by atoms with van der Waals surface area (Å²) in [5.41, 5.74) is -0.850. The predicted molar refractivity (Wildman–Crippen MR) is 76.4 cm³/mol. The Bertz CT molecular complexity index is 285. The van der Waals surface area contributed by atoms with Crippen LogP contribution >= 0.6 is 0 Å². The highest BCUT2D eigenvalue weighted by Crippen LogP contribution is 2.24. The maximum Gasteiger partial charge on any atom is 0.321 e. The van der Waals surface area contributed by atoms with Crippen molar-refractivity contribution in [3.8, 4) is 11.8 Å². The van der Waals surface area contributed by atoms with E-state index in [0.717, 1.165) is 12.8 Å². The second-order valence-electron chi connectivity index (χ2n) is 5.24. The maximum atomic E-state index is 11.1. The lowest BCUT2D eigenvalue weighted by molar-refractivity contribution is -0.145. The molecule has 1 unspecified atom stereocenters. The van der Waals surface area contributed by atoms with Crippen LogP contribution in [0.5, 0.6) is 0 Å². The number of aliphatic carboxylic acids is 1. The Labute approximate surface area is 112 Å². The smallest absolute Gasteiger partial charge is 0.321 e. The van der Waals surface area contributed by atoms with Crippen molar-refractivity contribution in [3.63, 3.8) is 0 Å². The normalized spacial score (nSPS) is 13.5. The second kappa shape index (κ2) is 10.00. The summed E-state index contributed by atoms with van der Waals surface area (Å²) in [5.74, 6) is 4.77. The van der Waals surface area contributed by atoms with Crippen LogP contribution in [0.4, 0.5) is 0 Å². The van der Waals surface area contributed by atoms with Gasteiger partial charge in [0.25, 0.3) is 0 Å². The Morgan fingerprint density at radius 2 is 1.56 bits per heavy atom. The molecule has 0 spiro atoms. The largest absolute Gasteiger partial charge is 0.480 e. The lowest BCUT2D eigenvalue weighted by atomic mass is 9.85. The summed E-state index contributed by atoms with van der Waals surface area (Å²) in [7, 11) is 0. The second-order valence-corrected chi connectivity index (χ2v) is 5.24. The summed E-state index contributed by atoms with van der Waals surface area (Å²) >= 11 is 0. The van der Waals surface area contributed by atoms with Crippen molar-refractivity contribution in [2.75, 3.05) is 0 Å². The minimum Gasteiger partial charge on any atom is -0.480 e. The number of hydrogen-bond acceptors (Lipinski definition) is 1. The van der Waals surface area contributed by atoms with E-state index in [9.17, 15) is 4.79 Å². The van der Waals surface area contributed by atoms with Gasteiger partial charge in [0.15, 0.2) is 0 Å². The zero-order valence-corrected chi connectivity index (χ0v) is 12.2. The molecule has 2 heteroatoms. The molecule has 0 aromatic rings. The molecular weight excluding hydrogens is 224 g/mol. The number of rotatable bonds is 10. The predicted octanol–water partition coefficient (Wildman–Crippen LogP) is 4.63. The standard InChI is InChI=1S/C16H28O2/c1-4-6-7-8-9-10-11-12-14-16(3,13-5-2)15(17)18/h4,6-12,14H2,1-3H3,(H,17,18). The van der Waals surface area contributed by atoms with Crippen LogP contribution in [0.2, 0.25) is 0 Å². The molecule has 0 aliphatic heterocycles. The minimum absolute atomic E-state index is 0.665. The van der Waals surface area contributed by atoms with E-state index in [-0.39, 0.29) is 0 Å². The van der Waals surface area contributed by atoms with Gasteiger partial charge in [0.05, 0.1) is 0 Å². The average molecular weight is 252 g/mol. The Morgan fingerprint density at radius 3 is 2.00 bits per heavy atom. The molecule has 18 heavy (non-hydrogen) atoms. The van der Waals surface area contributed by atoms with Crippen LogP contribution in [0, 0.1) is 17.3 Å². The van der Waals surface area contributed by atoms with Crippen molar-refractivity contribution < 1.29 is 9.90 Å². The van der Waals surface area contributed by atoms with Crippen LogP contribution in [0.15, 0.2) is 0 Å². The van der Waals surface area contributed by atoms with Gasteiger partial charge in [-0.2, -0.15) is 0 Å². The van der Waals surface area contributed by atoms with Gasteiger partial charge < -0.3 is 5.11 Å².